The molecule has 0 bridgehead atoms. The van der Waals surface area contributed by atoms with Crippen molar-refractivity contribution in [3.8, 4) is 0 Å². The first-order valence-corrected chi connectivity index (χ1v) is 6.44. The zero-order valence-electron chi connectivity index (χ0n) is 10.8. The van der Waals surface area contributed by atoms with E-state index in [0.717, 1.165) is 29.6 Å². The van der Waals surface area contributed by atoms with Gasteiger partial charge in [-0.05, 0) is 30.7 Å². The summed E-state index contributed by atoms with van der Waals surface area (Å²) in [6.07, 6.45) is 0. The lowest BCUT2D eigenvalue weighted by atomic mass is 10.1. The molecule has 1 amide bonds. The van der Waals surface area contributed by atoms with Gasteiger partial charge in [-0.2, -0.15) is 0 Å². The molecule has 4 nitrogen and oxygen atoms in total. The van der Waals surface area contributed by atoms with Gasteiger partial charge in [0.2, 0.25) is 0 Å². The number of fused-ring (bicyclic) bond motifs is 1. The number of nitrogens with zero attached hydrogens (tertiary/aromatic N) is 1. The van der Waals surface area contributed by atoms with Gasteiger partial charge in [-0.25, -0.2) is 4.39 Å². The molecule has 1 aliphatic rings. The second kappa shape index (κ2) is 4.66. The minimum atomic E-state index is -0.282. The summed E-state index contributed by atoms with van der Waals surface area (Å²) in [5, 5.41) is 3.99. The van der Waals surface area contributed by atoms with Crippen LogP contribution in [-0.4, -0.2) is 42.0 Å². The third kappa shape index (κ3) is 2.10. The van der Waals surface area contributed by atoms with Crippen molar-refractivity contribution in [2.75, 3.05) is 26.2 Å². The monoisotopic (exact) mass is 261 g/mol. The van der Waals surface area contributed by atoms with Crippen LogP contribution >= 0.6 is 0 Å². The van der Waals surface area contributed by atoms with Crippen LogP contribution in [-0.2, 0) is 0 Å². The number of H-pyrrole nitrogens is 1. The molecule has 3 rings (SSSR count). The number of carbonyl (C=O) groups is 1. The maximum atomic E-state index is 13.3. The lowest BCUT2D eigenvalue weighted by Crippen LogP contribution is -2.46. The molecule has 1 saturated heterocycles. The van der Waals surface area contributed by atoms with Gasteiger partial charge < -0.3 is 15.2 Å². The Bertz CT molecular complexity index is 629. The zero-order valence-corrected chi connectivity index (χ0v) is 10.8. The maximum Gasteiger partial charge on any atom is 0.270 e. The lowest BCUT2D eigenvalue weighted by Gasteiger charge is -2.27. The quantitative estimate of drug-likeness (QED) is 0.820. The highest BCUT2D eigenvalue weighted by atomic mass is 19.1. The largest absolute Gasteiger partial charge is 0.350 e. The van der Waals surface area contributed by atoms with Crippen molar-refractivity contribution in [2.24, 2.45) is 0 Å². The van der Waals surface area contributed by atoms with Crippen molar-refractivity contribution in [3.63, 3.8) is 0 Å². The fourth-order valence-corrected chi connectivity index (χ4v) is 2.54. The lowest BCUT2D eigenvalue weighted by molar-refractivity contribution is 0.0730. The Morgan fingerprint density at radius 2 is 2.05 bits per heavy atom. The van der Waals surface area contributed by atoms with E-state index in [9.17, 15) is 9.18 Å². The number of halogens is 1. The molecule has 0 spiro atoms. The molecular formula is C14H16FN3O. The Hall–Kier alpha value is -1.88. The first-order chi connectivity index (χ1) is 9.16. The maximum absolute atomic E-state index is 13.3. The summed E-state index contributed by atoms with van der Waals surface area (Å²) in [5.74, 6) is -0.286. The first kappa shape index (κ1) is 12.2. The Morgan fingerprint density at radius 3 is 2.79 bits per heavy atom. The van der Waals surface area contributed by atoms with Crippen molar-refractivity contribution in [3.05, 3.63) is 35.3 Å². The van der Waals surface area contributed by atoms with Gasteiger partial charge >= 0.3 is 0 Å². The van der Waals surface area contributed by atoms with Gasteiger partial charge in [-0.1, -0.05) is 0 Å². The van der Waals surface area contributed by atoms with E-state index in [1.54, 1.807) is 6.07 Å². The van der Waals surface area contributed by atoms with Gasteiger partial charge in [-0.3, -0.25) is 4.79 Å². The van der Waals surface area contributed by atoms with Crippen LogP contribution in [0.1, 0.15) is 16.1 Å². The molecule has 1 aromatic heterocycles. The molecule has 2 aromatic rings. The number of hydrogen-bond acceptors (Lipinski definition) is 2. The summed E-state index contributed by atoms with van der Waals surface area (Å²) in [7, 11) is 0. The molecule has 100 valence electrons. The molecule has 1 aromatic carbocycles. The molecule has 19 heavy (non-hydrogen) atoms. The predicted molar refractivity (Wildman–Crippen MR) is 71.8 cm³/mol. The zero-order chi connectivity index (χ0) is 13.4. The highest BCUT2D eigenvalue weighted by molar-refractivity contribution is 6.00. The third-order valence-electron chi connectivity index (χ3n) is 3.64. The Labute approximate surface area is 110 Å². The molecule has 0 unspecified atom stereocenters. The number of rotatable bonds is 1. The molecule has 1 fully saturated rings. The number of piperazine rings is 1. The minimum Gasteiger partial charge on any atom is -0.350 e. The summed E-state index contributed by atoms with van der Waals surface area (Å²) in [5.41, 5.74) is 2.19. The second-order valence-electron chi connectivity index (χ2n) is 4.86. The van der Waals surface area contributed by atoms with Crippen LogP contribution < -0.4 is 5.32 Å². The summed E-state index contributed by atoms with van der Waals surface area (Å²) in [6, 6.07) is 4.54. The predicted octanol–water partition coefficient (Wildman–Crippen LogP) is 1.66. The highest BCUT2D eigenvalue weighted by Gasteiger charge is 2.22. The standard InChI is InChI=1S/C14H16FN3O/c1-9-11-8-10(15)2-3-12(11)17-13(9)14(19)18-6-4-16-5-7-18/h2-3,8,16-17H,4-7H2,1H3. The fraction of sp³-hybridized carbons (Fsp3) is 0.357. The van der Waals surface area contributed by atoms with Gasteiger partial charge in [0, 0.05) is 37.1 Å². The van der Waals surface area contributed by atoms with Crippen molar-refractivity contribution in [2.45, 2.75) is 6.92 Å². The second-order valence-corrected chi connectivity index (χ2v) is 4.86. The van der Waals surface area contributed by atoms with E-state index in [4.69, 9.17) is 0 Å². The topological polar surface area (TPSA) is 48.1 Å². The Kier molecular flexibility index (Phi) is 2.98. The summed E-state index contributed by atoms with van der Waals surface area (Å²) in [6.45, 7) is 4.91. The molecule has 0 atom stereocenters. The normalized spacial score (nSPS) is 16.0. The number of amides is 1. The number of aromatic amines is 1. The van der Waals surface area contributed by atoms with Gasteiger partial charge in [-0.15, -0.1) is 0 Å². The van der Waals surface area contributed by atoms with Gasteiger partial charge in [0.25, 0.3) is 5.91 Å². The third-order valence-corrected chi connectivity index (χ3v) is 3.64. The average molecular weight is 261 g/mol. The van der Waals surface area contributed by atoms with E-state index in [1.165, 1.54) is 12.1 Å². The number of hydrogen-bond donors (Lipinski definition) is 2. The average Bonchev–Trinajstić information content (AvgIpc) is 2.76. The van der Waals surface area contributed by atoms with Crippen LogP contribution in [0.4, 0.5) is 4.39 Å². The van der Waals surface area contributed by atoms with Crippen LogP contribution in [0.15, 0.2) is 18.2 Å². The van der Waals surface area contributed by atoms with Crippen LogP contribution in [0.5, 0.6) is 0 Å². The van der Waals surface area contributed by atoms with Crippen molar-refractivity contribution in [1.29, 1.82) is 0 Å². The number of benzene rings is 1. The molecule has 2 heterocycles. The molecule has 5 heteroatoms. The highest BCUT2D eigenvalue weighted by Crippen LogP contribution is 2.23. The first-order valence-electron chi connectivity index (χ1n) is 6.44. The van der Waals surface area contributed by atoms with Crippen molar-refractivity contribution < 1.29 is 9.18 Å². The van der Waals surface area contributed by atoms with Gasteiger partial charge in [0.05, 0.1) is 0 Å². The van der Waals surface area contributed by atoms with E-state index in [2.05, 4.69) is 10.3 Å². The number of carbonyl (C=O) groups excluding carboxylic acids is 1. The molecular weight excluding hydrogens is 245 g/mol. The van der Waals surface area contributed by atoms with Crippen molar-refractivity contribution in [1.82, 2.24) is 15.2 Å². The number of aryl methyl sites for hydroxylation is 1. The SMILES string of the molecule is Cc1c(C(=O)N2CCNCC2)[nH]c2ccc(F)cc12. The summed E-state index contributed by atoms with van der Waals surface area (Å²) in [4.78, 5) is 17.4. The van der Waals surface area contributed by atoms with Crippen LogP contribution in [0.2, 0.25) is 0 Å². The van der Waals surface area contributed by atoms with Gasteiger partial charge in [0.1, 0.15) is 11.5 Å². The van der Waals surface area contributed by atoms with Crippen LogP contribution in [0.3, 0.4) is 0 Å². The Balaban J connectivity index is 2.00. The number of aromatic nitrogens is 1. The fourth-order valence-electron chi connectivity index (χ4n) is 2.54. The summed E-state index contributed by atoms with van der Waals surface area (Å²) >= 11 is 0. The molecule has 0 aliphatic carbocycles. The minimum absolute atomic E-state index is 0.00407. The Morgan fingerprint density at radius 1 is 1.32 bits per heavy atom. The van der Waals surface area contributed by atoms with E-state index < -0.39 is 0 Å². The molecule has 0 saturated carbocycles. The van der Waals surface area contributed by atoms with E-state index in [-0.39, 0.29) is 11.7 Å². The van der Waals surface area contributed by atoms with Gasteiger partial charge in [0.15, 0.2) is 0 Å². The van der Waals surface area contributed by atoms with E-state index >= 15 is 0 Å². The van der Waals surface area contributed by atoms with E-state index in [1.807, 2.05) is 11.8 Å². The van der Waals surface area contributed by atoms with Crippen molar-refractivity contribution >= 4 is 16.8 Å². The van der Waals surface area contributed by atoms with E-state index in [0.29, 0.717) is 18.8 Å². The van der Waals surface area contributed by atoms with Crippen LogP contribution in [0, 0.1) is 12.7 Å². The molecule has 2 N–H and O–H groups in total. The van der Waals surface area contributed by atoms with Crippen LogP contribution in [0.25, 0.3) is 10.9 Å². The smallest absolute Gasteiger partial charge is 0.270 e. The number of nitrogens with one attached hydrogen (secondary N) is 2. The summed E-state index contributed by atoms with van der Waals surface area (Å²) < 4.78 is 13.3. The molecule has 1 aliphatic heterocycles. The molecule has 0 radical (unpaired) electrons.